The Balaban J connectivity index is 1.46. The molecule has 0 spiro atoms. The third-order valence-electron chi connectivity index (χ3n) is 4.94. The van der Waals surface area contributed by atoms with Crippen LogP contribution in [-0.4, -0.2) is 28.2 Å². The Kier molecular flexibility index (Phi) is 5.45. The third kappa shape index (κ3) is 4.10. The number of anilines is 1. The molecule has 6 nitrogen and oxygen atoms in total. The fourth-order valence-corrected chi connectivity index (χ4v) is 4.19. The lowest BCUT2D eigenvalue weighted by atomic mass is 10.2. The highest BCUT2D eigenvalue weighted by molar-refractivity contribution is 7.14. The molecule has 0 aliphatic carbocycles. The van der Waals surface area contributed by atoms with E-state index >= 15 is 0 Å². The molecule has 1 unspecified atom stereocenters. The van der Waals surface area contributed by atoms with E-state index in [9.17, 15) is 4.79 Å². The molecule has 3 aromatic heterocycles. The number of carbonyl (C=O) groups excluding carboxylic acids is 1. The molecule has 0 aromatic carbocycles. The Morgan fingerprint density at radius 3 is 3.11 bits per heavy atom. The van der Waals surface area contributed by atoms with Crippen molar-refractivity contribution >= 4 is 28.5 Å². The van der Waals surface area contributed by atoms with Gasteiger partial charge < -0.3 is 13.7 Å². The van der Waals surface area contributed by atoms with Gasteiger partial charge in [-0.05, 0) is 51.0 Å². The van der Waals surface area contributed by atoms with Crippen molar-refractivity contribution in [3.05, 3.63) is 53.1 Å². The molecule has 146 valence electrons. The first-order valence-electron chi connectivity index (χ1n) is 9.37. The second kappa shape index (κ2) is 8.16. The highest BCUT2D eigenvalue weighted by Gasteiger charge is 2.20. The van der Waals surface area contributed by atoms with Gasteiger partial charge in [-0.25, -0.2) is 4.98 Å². The summed E-state index contributed by atoms with van der Waals surface area (Å²) in [6.45, 7) is 5.96. The molecule has 1 N–H and O–H groups in total. The van der Waals surface area contributed by atoms with Crippen LogP contribution in [0.5, 0.6) is 0 Å². The molecule has 1 saturated heterocycles. The lowest BCUT2D eigenvalue weighted by molar-refractivity contribution is -0.111. The van der Waals surface area contributed by atoms with Gasteiger partial charge in [0.1, 0.15) is 5.76 Å². The smallest absolute Gasteiger partial charge is 0.250 e. The molecule has 0 bridgehead atoms. The lowest BCUT2D eigenvalue weighted by Gasteiger charge is -2.14. The SMILES string of the molecule is Cc1cc(-c2csc(NC(=O)C=Cc3ccco3)n2)c(C)n1CC1CCCO1. The number of hydrogen-bond acceptors (Lipinski definition) is 5. The van der Waals surface area contributed by atoms with Gasteiger partial charge in [0.2, 0.25) is 5.91 Å². The zero-order valence-electron chi connectivity index (χ0n) is 16.0. The first-order valence-corrected chi connectivity index (χ1v) is 10.2. The van der Waals surface area contributed by atoms with Crippen molar-refractivity contribution in [1.29, 1.82) is 0 Å². The van der Waals surface area contributed by atoms with Crippen molar-refractivity contribution in [2.75, 3.05) is 11.9 Å². The lowest BCUT2D eigenvalue weighted by Crippen LogP contribution is -2.16. The average molecular weight is 398 g/mol. The largest absolute Gasteiger partial charge is 0.465 e. The van der Waals surface area contributed by atoms with Gasteiger partial charge in [-0.2, -0.15) is 0 Å². The number of carbonyl (C=O) groups is 1. The topological polar surface area (TPSA) is 69.3 Å². The van der Waals surface area contributed by atoms with Crippen molar-refractivity contribution in [1.82, 2.24) is 9.55 Å². The van der Waals surface area contributed by atoms with E-state index in [2.05, 4.69) is 34.8 Å². The summed E-state index contributed by atoms with van der Waals surface area (Å²) in [5, 5.41) is 5.36. The van der Waals surface area contributed by atoms with E-state index in [4.69, 9.17) is 9.15 Å². The van der Waals surface area contributed by atoms with Crippen LogP contribution in [0.25, 0.3) is 17.3 Å². The van der Waals surface area contributed by atoms with Crippen LogP contribution in [0.3, 0.4) is 0 Å². The summed E-state index contributed by atoms with van der Waals surface area (Å²) in [7, 11) is 0. The average Bonchev–Trinajstić information content (AvgIpc) is 3.46. The van der Waals surface area contributed by atoms with E-state index in [1.165, 1.54) is 28.8 Å². The van der Waals surface area contributed by atoms with Crippen LogP contribution in [0.15, 0.2) is 40.3 Å². The molecule has 28 heavy (non-hydrogen) atoms. The minimum atomic E-state index is -0.235. The Hall–Kier alpha value is -2.64. The van der Waals surface area contributed by atoms with E-state index in [1.54, 1.807) is 24.5 Å². The number of rotatable bonds is 6. The first kappa shape index (κ1) is 18.7. The second-order valence-corrected chi connectivity index (χ2v) is 7.76. The van der Waals surface area contributed by atoms with Crippen molar-refractivity contribution in [3.8, 4) is 11.3 Å². The molecule has 7 heteroatoms. The van der Waals surface area contributed by atoms with Gasteiger partial charge in [0, 0.05) is 41.6 Å². The van der Waals surface area contributed by atoms with E-state index in [0.717, 1.165) is 37.3 Å². The molecule has 0 radical (unpaired) electrons. The number of nitrogens with one attached hydrogen (secondary N) is 1. The maximum absolute atomic E-state index is 12.1. The first-order chi connectivity index (χ1) is 13.6. The molecule has 4 heterocycles. The molecular formula is C21H23N3O3S. The highest BCUT2D eigenvalue weighted by Crippen LogP contribution is 2.30. The van der Waals surface area contributed by atoms with Gasteiger partial charge in [0.15, 0.2) is 5.13 Å². The minimum Gasteiger partial charge on any atom is -0.465 e. The maximum Gasteiger partial charge on any atom is 0.250 e. The molecule has 1 amide bonds. The monoisotopic (exact) mass is 397 g/mol. The Bertz CT molecular complexity index is 979. The van der Waals surface area contributed by atoms with Crippen molar-refractivity contribution in [3.63, 3.8) is 0 Å². The standard InChI is InChI=1S/C21H23N3O3S/c1-14-11-18(15(2)24(14)12-17-6-4-10-27-17)19-13-28-21(22-19)23-20(25)8-7-16-5-3-9-26-16/h3,5,7-9,11,13,17H,4,6,10,12H2,1-2H3,(H,22,23,25). The van der Waals surface area contributed by atoms with Crippen LogP contribution in [0, 0.1) is 13.8 Å². The Morgan fingerprint density at radius 1 is 1.46 bits per heavy atom. The predicted molar refractivity (Wildman–Crippen MR) is 110 cm³/mol. The summed E-state index contributed by atoms with van der Waals surface area (Å²) in [6, 6.07) is 5.72. The summed E-state index contributed by atoms with van der Waals surface area (Å²) >= 11 is 1.42. The molecule has 1 atom stereocenters. The minimum absolute atomic E-state index is 0.235. The quantitative estimate of drug-likeness (QED) is 0.615. The zero-order chi connectivity index (χ0) is 19.5. The van der Waals surface area contributed by atoms with Gasteiger partial charge in [0.25, 0.3) is 0 Å². The van der Waals surface area contributed by atoms with Gasteiger partial charge in [-0.15, -0.1) is 11.3 Å². The van der Waals surface area contributed by atoms with Gasteiger partial charge in [-0.1, -0.05) is 0 Å². The van der Waals surface area contributed by atoms with Crippen molar-refractivity contribution in [2.24, 2.45) is 0 Å². The summed E-state index contributed by atoms with van der Waals surface area (Å²) in [5.41, 5.74) is 4.34. The van der Waals surface area contributed by atoms with E-state index in [0.29, 0.717) is 17.0 Å². The fraction of sp³-hybridized carbons (Fsp3) is 0.333. The zero-order valence-corrected chi connectivity index (χ0v) is 16.8. The molecule has 0 saturated carbocycles. The van der Waals surface area contributed by atoms with Crippen LogP contribution in [0.1, 0.15) is 30.0 Å². The summed E-state index contributed by atoms with van der Waals surface area (Å²) < 4.78 is 13.3. The number of ether oxygens (including phenoxy) is 1. The van der Waals surface area contributed by atoms with Gasteiger partial charge >= 0.3 is 0 Å². The van der Waals surface area contributed by atoms with Crippen molar-refractivity contribution < 1.29 is 13.9 Å². The van der Waals surface area contributed by atoms with Gasteiger partial charge in [0.05, 0.1) is 18.1 Å². The number of aryl methyl sites for hydroxylation is 1. The highest BCUT2D eigenvalue weighted by atomic mass is 32.1. The van der Waals surface area contributed by atoms with E-state index in [-0.39, 0.29) is 5.91 Å². The van der Waals surface area contributed by atoms with Crippen molar-refractivity contribution in [2.45, 2.75) is 39.3 Å². The molecule has 1 aliphatic heterocycles. The molecular weight excluding hydrogens is 374 g/mol. The molecule has 4 rings (SSSR count). The molecule has 1 fully saturated rings. The van der Waals surface area contributed by atoms with E-state index < -0.39 is 0 Å². The Labute approximate surface area is 167 Å². The number of amides is 1. The van der Waals surface area contributed by atoms with Crippen LogP contribution in [0.2, 0.25) is 0 Å². The number of thiazole rings is 1. The van der Waals surface area contributed by atoms with Crippen LogP contribution in [0.4, 0.5) is 5.13 Å². The summed E-state index contributed by atoms with van der Waals surface area (Å²) in [6.07, 6.45) is 7.19. The molecule has 3 aromatic rings. The number of nitrogens with zero attached hydrogens (tertiary/aromatic N) is 2. The van der Waals surface area contributed by atoms with Crippen LogP contribution >= 0.6 is 11.3 Å². The normalized spacial score (nSPS) is 16.9. The predicted octanol–water partition coefficient (Wildman–Crippen LogP) is 4.65. The second-order valence-electron chi connectivity index (χ2n) is 6.91. The summed E-state index contributed by atoms with van der Waals surface area (Å²) in [5.74, 6) is 0.398. The number of aromatic nitrogens is 2. The maximum atomic E-state index is 12.1. The van der Waals surface area contributed by atoms with Gasteiger partial charge in [-0.3, -0.25) is 10.1 Å². The third-order valence-corrected chi connectivity index (χ3v) is 5.69. The number of hydrogen-bond donors (Lipinski definition) is 1. The fourth-order valence-electron chi connectivity index (χ4n) is 3.48. The van der Waals surface area contributed by atoms with Crippen LogP contribution < -0.4 is 5.32 Å². The summed E-state index contributed by atoms with van der Waals surface area (Å²) in [4.78, 5) is 16.7. The Morgan fingerprint density at radius 2 is 2.36 bits per heavy atom. The van der Waals surface area contributed by atoms with Crippen LogP contribution in [-0.2, 0) is 16.1 Å². The molecule has 1 aliphatic rings. The number of furan rings is 1. The van der Waals surface area contributed by atoms with E-state index in [1.807, 2.05) is 5.38 Å².